The van der Waals surface area contributed by atoms with Crippen molar-refractivity contribution in [1.29, 1.82) is 0 Å². The van der Waals surface area contributed by atoms with E-state index in [4.69, 9.17) is 0 Å². The summed E-state index contributed by atoms with van der Waals surface area (Å²) in [5.41, 5.74) is 3.05. The van der Waals surface area contributed by atoms with Crippen LogP contribution in [0.15, 0.2) is 42.5 Å². The van der Waals surface area contributed by atoms with E-state index in [1.165, 1.54) is 18.3 Å². The molecule has 29 heavy (non-hydrogen) atoms. The van der Waals surface area contributed by atoms with Gasteiger partial charge in [-0.15, -0.1) is 0 Å². The van der Waals surface area contributed by atoms with Crippen molar-refractivity contribution in [2.45, 2.75) is 39.5 Å². The summed E-state index contributed by atoms with van der Waals surface area (Å²) < 4.78 is 0.976. The standard InChI is InChI=1S/C22H23N3O3S/c1-3-5-20(27)25-22-24-18-10-8-15(12-19(18)29-22)9-11-21(28)23-17-7-4-6-16(13-17)14(2)26/h4,6-8,10,12-13H,3,5,9,11H2,1-2H3,(H,23,28)(H,24,25,27). The maximum Gasteiger partial charge on any atom is 0.226 e. The van der Waals surface area contributed by atoms with Crippen LogP contribution in [0.5, 0.6) is 0 Å². The number of hydrogen-bond donors (Lipinski definition) is 2. The molecule has 3 aromatic rings. The lowest BCUT2D eigenvalue weighted by Gasteiger charge is -2.06. The topological polar surface area (TPSA) is 88.2 Å². The summed E-state index contributed by atoms with van der Waals surface area (Å²) in [7, 11) is 0. The molecule has 0 aliphatic rings. The van der Waals surface area contributed by atoms with Crippen LogP contribution in [0.1, 0.15) is 49.0 Å². The molecular formula is C22H23N3O3S. The van der Waals surface area contributed by atoms with Crippen LogP contribution in [0.25, 0.3) is 10.2 Å². The minimum absolute atomic E-state index is 0.0303. The van der Waals surface area contributed by atoms with Gasteiger partial charge in [0.15, 0.2) is 10.9 Å². The number of carbonyl (C=O) groups excluding carboxylic acids is 3. The number of carbonyl (C=O) groups is 3. The lowest BCUT2D eigenvalue weighted by atomic mass is 10.1. The van der Waals surface area contributed by atoms with E-state index in [9.17, 15) is 14.4 Å². The van der Waals surface area contributed by atoms with Crippen LogP contribution >= 0.6 is 11.3 Å². The number of ketones is 1. The van der Waals surface area contributed by atoms with Crippen LogP contribution in [0.2, 0.25) is 0 Å². The third-order valence-corrected chi connectivity index (χ3v) is 5.30. The van der Waals surface area contributed by atoms with E-state index in [1.807, 2.05) is 25.1 Å². The lowest BCUT2D eigenvalue weighted by molar-refractivity contribution is -0.117. The number of aromatic nitrogens is 1. The quantitative estimate of drug-likeness (QED) is 0.523. The number of nitrogens with zero attached hydrogens (tertiary/aromatic N) is 1. The molecule has 2 amide bonds. The van der Waals surface area contributed by atoms with Gasteiger partial charge < -0.3 is 10.6 Å². The van der Waals surface area contributed by atoms with Crippen LogP contribution in [-0.2, 0) is 16.0 Å². The number of amides is 2. The van der Waals surface area contributed by atoms with E-state index in [0.717, 1.165) is 22.2 Å². The smallest absolute Gasteiger partial charge is 0.226 e. The third-order valence-electron chi connectivity index (χ3n) is 4.37. The number of benzene rings is 2. The van der Waals surface area contributed by atoms with Crippen molar-refractivity contribution in [3.63, 3.8) is 0 Å². The van der Waals surface area contributed by atoms with Crippen LogP contribution < -0.4 is 10.6 Å². The molecule has 7 heteroatoms. The molecule has 0 saturated carbocycles. The van der Waals surface area contributed by atoms with Crippen molar-refractivity contribution >= 4 is 50.0 Å². The highest BCUT2D eigenvalue weighted by molar-refractivity contribution is 7.22. The number of rotatable bonds is 8. The summed E-state index contributed by atoms with van der Waals surface area (Å²) in [6.07, 6.45) is 2.19. The van der Waals surface area contributed by atoms with E-state index < -0.39 is 0 Å². The van der Waals surface area contributed by atoms with Gasteiger partial charge in [-0.25, -0.2) is 4.98 Å². The summed E-state index contributed by atoms with van der Waals surface area (Å²) in [5.74, 6) is -0.177. The molecular weight excluding hydrogens is 386 g/mol. The van der Waals surface area contributed by atoms with Gasteiger partial charge in [-0.1, -0.05) is 36.5 Å². The molecule has 0 atom stereocenters. The van der Waals surface area contributed by atoms with Crippen LogP contribution in [0, 0.1) is 0 Å². The minimum atomic E-state index is -0.109. The average molecular weight is 410 g/mol. The van der Waals surface area contributed by atoms with E-state index in [2.05, 4.69) is 15.6 Å². The molecule has 2 aromatic carbocycles. The number of hydrogen-bond acceptors (Lipinski definition) is 5. The highest BCUT2D eigenvalue weighted by Gasteiger charge is 2.09. The molecule has 0 unspecified atom stereocenters. The SMILES string of the molecule is CCCC(=O)Nc1nc2ccc(CCC(=O)Nc3cccc(C(C)=O)c3)cc2s1. The summed E-state index contributed by atoms with van der Waals surface area (Å²) >= 11 is 1.43. The second-order valence-corrected chi connectivity index (χ2v) is 7.84. The van der Waals surface area contributed by atoms with Crippen molar-refractivity contribution in [2.24, 2.45) is 0 Å². The van der Waals surface area contributed by atoms with E-state index in [1.54, 1.807) is 24.3 Å². The molecule has 2 N–H and O–H groups in total. The maximum absolute atomic E-state index is 12.3. The Morgan fingerprint density at radius 1 is 1.00 bits per heavy atom. The zero-order chi connectivity index (χ0) is 20.8. The van der Waals surface area contributed by atoms with E-state index in [-0.39, 0.29) is 17.6 Å². The Labute approximate surface area is 173 Å². The molecule has 6 nitrogen and oxygen atoms in total. The fraction of sp³-hybridized carbons (Fsp3) is 0.273. The number of fused-ring (bicyclic) bond motifs is 1. The molecule has 0 saturated heterocycles. The predicted octanol–water partition coefficient (Wildman–Crippen LogP) is 4.81. The molecule has 0 spiro atoms. The Hall–Kier alpha value is -3.06. The van der Waals surface area contributed by atoms with Gasteiger partial charge in [0, 0.05) is 24.1 Å². The normalized spacial score (nSPS) is 10.7. The van der Waals surface area contributed by atoms with Gasteiger partial charge in [-0.05, 0) is 49.6 Å². The summed E-state index contributed by atoms with van der Waals surface area (Å²) in [4.78, 5) is 39.9. The van der Waals surface area contributed by atoms with Gasteiger partial charge in [-0.3, -0.25) is 14.4 Å². The van der Waals surface area contributed by atoms with Gasteiger partial charge in [-0.2, -0.15) is 0 Å². The first-order chi connectivity index (χ1) is 13.9. The monoisotopic (exact) mass is 409 g/mol. The lowest BCUT2D eigenvalue weighted by Crippen LogP contribution is -2.12. The molecule has 1 aromatic heterocycles. The van der Waals surface area contributed by atoms with E-state index in [0.29, 0.717) is 35.6 Å². The van der Waals surface area contributed by atoms with Crippen molar-refractivity contribution in [3.05, 3.63) is 53.6 Å². The highest BCUT2D eigenvalue weighted by Crippen LogP contribution is 2.27. The molecule has 0 radical (unpaired) electrons. The second-order valence-electron chi connectivity index (χ2n) is 6.80. The van der Waals surface area contributed by atoms with Crippen molar-refractivity contribution in [1.82, 2.24) is 4.98 Å². The van der Waals surface area contributed by atoms with Gasteiger partial charge >= 0.3 is 0 Å². The summed E-state index contributed by atoms with van der Waals surface area (Å²) in [5, 5.41) is 6.25. The van der Waals surface area contributed by atoms with Crippen molar-refractivity contribution < 1.29 is 14.4 Å². The molecule has 0 bridgehead atoms. The van der Waals surface area contributed by atoms with Gasteiger partial charge in [0.2, 0.25) is 11.8 Å². The number of Topliss-reactive ketones (excluding diaryl/α,β-unsaturated/α-hetero) is 1. The number of thiazole rings is 1. The zero-order valence-electron chi connectivity index (χ0n) is 16.5. The maximum atomic E-state index is 12.3. The molecule has 0 fully saturated rings. The predicted molar refractivity (Wildman–Crippen MR) is 117 cm³/mol. The summed E-state index contributed by atoms with van der Waals surface area (Å²) in [6.45, 7) is 3.46. The fourth-order valence-corrected chi connectivity index (χ4v) is 3.83. The number of anilines is 2. The number of aryl methyl sites for hydroxylation is 1. The van der Waals surface area contributed by atoms with Crippen molar-refractivity contribution in [3.8, 4) is 0 Å². The Morgan fingerprint density at radius 2 is 1.79 bits per heavy atom. The Bertz CT molecular complexity index is 1060. The van der Waals surface area contributed by atoms with Crippen molar-refractivity contribution in [2.75, 3.05) is 10.6 Å². The van der Waals surface area contributed by atoms with Crippen LogP contribution in [0.3, 0.4) is 0 Å². The molecule has 1 heterocycles. The highest BCUT2D eigenvalue weighted by atomic mass is 32.1. The first-order valence-electron chi connectivity index (χ1n) is 9.55. The Morgan fingerprint density at radius 3 is 2.55 bits per heavy atom. The Balaban J connectivity index is 1.60. The molecule has 150 valence electrons. The van der Waals surface area contributed by atoms with Gasteiger partial charge in [0.05, 0.1) is 10.2 Å². The number of nitrogens with one attached hydrogen (secondary N) is 2. The van der Waals surface area contributed by atoms with E-state index >= 15 is 0 Å². The van der Waals surface area contributed by atoms with Gasteiger partial charge in [0.25, 0.3) is 0 Å². The third kappa shape index (κ3) is 5.71. The van der Waals surface area contributed by atoms with Crippen LogP contribution in [0.4, 0.5) is 10.8 Å². The molecule has 0 aliphatic heterocycles. The van der Waals surface area contributed by atoms with Crippen LogP contribution in [-0.4, -0.2) is 22.6 Å². The first-order valence-corrected chi connectivity index (χ1v) is 10.4. The fourth-order valence-electron chi connectivity index (χ4n) is 2.88. The molecule has 3 rings (SSSR count). The summed E-state index contributed by atoms with van der Waals surface area (Å²) in [6, 6.07) is 12.8. The zero-order valence-corrected chi connectivity index (χ0v) is 17.3. The second kappa shape index (κ2) is 9.43. The largest absolute Gasteiger partial charge is 0.326 e. The van der Waals surface area contributed by atoms with Gasteiger partial charge in [0.1, 0.15) is 0 Å². The average Bonchev–Trinajstić information content (AvgIpc) is 3.08. The minimum Gasteiger partial charge on any atom is -0.326 e. The first kappa shape index (κ1) is 20.7. The Kier molecular flexibility index (Phi) is 6.72. The molecule has 0 aliphatic carbocycles.